The molecular formula is C12H21Na3O12. The van der Waals surface area contributed by atoms with Gasteiger partial charge in [-0.1, -0.05) is 0 Å². The molecule has 3 heterocycles. The van der Waals surface area contributed by atoms with Crippen molar-refractivity contribution in [2.24, 2.45) is 0 Å². The van der Waals surface area contributed by atoms with Crippen molar-refractivity contribution in [3.8, 4) is 0 Å². The molecule has 5 N–H and O–H groups in total. The number of rotatable bonds is 5. The zero-order chi connectivity index (χ0) is 17.0. The van der Waals surface area contributed by atoms with Gasteiger partial charge in [0.2, 0.25) is 0 Å². The van der Waals surface area contributed by atoms with Gasteiger partial charge in [0.05, 0.1) is 45.6 Å². The average molecular weight is 426 g/mol. The fourth-order valence-corrected chi connectivity index (χ4v) is 0.684. The molecule has 0 radical (unpaired) electrons. The normalized spacial score (nSPS) is 13.2. The molecule has 0 aromatic rings. The van der Waals surface area contributed by atoms with Crippen molar-refractivity contribution in [1.29, 1.82) is 0 Å². The van der Waals surface area contributed by atoms with E-state index < -0.39 is 36.4 Å². The number of hydrogen-bond acceptors (Lipinski definition) is 10. The van der Waals surface area contributed by atoms with E-state index in [0.29, 0.717) is 0 Å². The molecule has 3 fully saturated rings. The first-order chi connectivity index (χ1) is 10.3. The first-order valence-corrected chi connectivity index (χ1v) is 6.34. The molecule has 144 valence electrons. The molecule has 3 rings (SSSR count). The smallest absolute Gasteiger partial charge is 0.550 e. The standard InChI is InChI=1S/C6H8O7.3C2H4O.3Na.2H2O/c7-3(8)1-6(13,5(11)12)2-4(9)10;3*1-2-3-1;;;;;/h13H,1-2H2,(H,7,8)(H,9,10)(H,11,12);3*1-2H2;;;;2*1H2/q;;;;3*+1;;/p-3. The Morgan fingerprint density at radius 3 is 0.963 bits per heavy atom. The minimum Gasteiger partial charge on any atom is -0.550 e. The molecule has 0 aliphatic carbocycles. The van der Waals surface area contributed by atoms with Crippen molar-refractivity contribution in [2.45, 2.75) is 18.4 Å². The molecule has 0 aromatic heterocycles. The van der Waals surface area contributed by atoms with Gasteiger partial charge in [-0.05, 0) is 0 Å². The van der Waals surface area contributed by atoms with Crippen LogP contribution in [0.5, 0.6) is 0 Å². The SMILES string of the molecule is C1CO1.C1CO1.C1CO1.O.O.O=C([O-])CC(O)(CC(=O)[O-])C(=O)[O-].[Na+].[Na+].[Na+]. The van der Waals surface area contributed by atoms with Crippen molar-refractivity contribution in [2.75, 3.05) is 39.6 Å². The van der Waals surface area contributed by atoms with Crippen molar-refractivity contribution >= 4 is 17.9 Å². The number of ether oxygens (including phenoxy) is 3. The van der Waals surface area contributed by atoms with Crippen LogP contribution in [0.4, 0.5) is 0 Å². The van der Waals surface area contributed by atoms with Crippen LogP contribution >= 0.6 is 0 Å². The molecule has 3 aliphatic heterocycles. The van der Waals surface area contributed by atoms with Gasteiger partial charge in [-0.2, -0.15) is 0 Å². The van der Waals surface area contributed by atoms with E-state index in [-0.39, 0.29) is 99.6 Å². The monoisotopic (exact) mass is 426 g/mol. The summed E-state index contributed by atoms with van der Waals surface area (Å²) in [6, 6.07) is 0. The largest absolute Gasteiger partial charge is 1.00 e. The molecule has 0 unspecified atom stereocenters. The van der Waals surface area contributed by atoms with E-state index in [2.05, 4.69) is 14.2 Å². The van der Waals surface area contributed by atoms with Gasteiger partial charge in [0.15, 0.2) is 0 Å². The number of aliphatic hydroxyl groups is 1. The summed E-state index contributed by atoms with van der Waals surface area (Å²) in [5.74, 6) is -5.98. The number of carbonyl (C=O) groups is 3. The number of carbonyl (C=O) groups excluding carboxylic acids is 3. The van der Waals surface area contributed by atoms with Gasteiger partial charge in [0.25, 0.3) is 0 Å². The topological polar surface area (TPSA) is 241 Å². The predicted molar refractivity (Wildman–Crippen MR) is 68.9 cm³/mol. The third kappa shape index (κ3) is 42.3. The Morgan fingerprint density at radius 2 is 0.889 bits per heavy atom. The average Bonchev–Trinajstić information content (AvgIpc) is 3.27. The van der Waals surface area contributed by atoms with E-state index in [9.17, 15) is 29.7 Å². The van der Waals surface area contributed by atoms with E-state index in [4.69, 9.17) is 5.11 Å². The van der Waals surface area contributed by atoms with Crippen LogP contribution in [0.1, 0.15) is 12.8 Å². The van der Waals surface area contributed by atoms with Gasteiger partial charge in [0.1, 0.15) is 5.60 Å². The Labute approximate surface area is 222 Å². The maximum absolute atomic E-state index is 10.1. The minimum absolute atomic E-state index is 0. The van der Waals surface area contributed by atoms with Gasteiger partial charge in [-0.15, -0.1) is 0 Å². The Balaban J connectivity index is -0.0000000647. The Morgan fingerprint density at radius 1 is 0.704 bits per heavy atom. The first kappa shape index (κ1) is 42.3. The molecule has 3 aliphatic rings. The fourth-order valence-electron chi connectivity index (χ4n) is 0.684. The molecule has 0 saturated carbocycles. The number of carboxylic acid groups (broad SMARTS) is 3. The predicted octanol–water partition coefficient (Wildman–Crippen LogP) is -15.8. The second-order valence-corrected chi connectivity index (χ2v) is 4.25. The second-order valence-electron chi connectivity index (χ2n) is 4.25. The van der Waals surface area contributed by atoms with Crippen LogP contribution in [-0.2, 0) is 28.6 Å². The maximum Gasteiger partial charge on any atom is 1.00 e. The summed E-state index contributed by atoms with van der Waals surface area (Å²) in [5, 5.41) is 38.9. The molecule has 0 aromatic carbocycles. The maximum atomic E-state index is 10.1. The van der Waals surface area contributed by atoms with E-state index in [1.54, 1.807) is 0 Å². The zero-order valence-electron chi connectivity index (χ0n) is 15.8. The molecule has 0 spiro atoms. The van der Waals surface area contributed by atoms with Crippen LogP contribution < -0.4 is 104 Å². The van der Waals surface area contributed by atoms with Gasteiger partial charge in [-0.25, -0.2) is 0 Å². The first-order valence-electron chi connectivity index (χ1n) is 6.34. The summed E-state index contributed by atoms with van der Waals surface area (Å²) in [6.45, 7) is 6.00. The van der Waals surface area contributed by atoms with Crippen molar-refractivity contribution in [1.82, 2.24) is 0 Å². The van der Waals surface area contributed by atoms with Crippen LogP contribution in [0.15, 0.2) is 0 Å². The summed E-state index contributed by atoms with van der Waals surface area (Å²) < 4.78 is 13.5. The van der Waals surface area contributed by atoms with Crippen LogP contribution in [0.2, 0.25) is 0 Å². The number of hydrogen-bond donors (Lipinski definition) is 1. The molecule has 3 saturated heterocycles. The van der Waals surface area contributed by atoms with Gasteiger partial charge >= 0.3 is 88.7 Å². The van der Waals surface area contributed by atoms with Gasteiger partial charge in [0, 0.05) is 24.8 Å². The van der Waals surface area contributed by atoms with Crippen LogP contribution in [0.3, 0.4) is 0 Å². The number of epoxide rings is 3. The Hall–Kier alpha value is 1.17. The summed E-state index contributed by atoms with van der Waals surface area (Å²) >= 11 is 0. The third-order valence-electron chi connectivity index (χ3n) is 1.87. The number of carboxylic acids is 3. The summed E-state index contributed by atoms with van der Waals surface area (Å²) in [7, 11) is 0. The fraction of sp³-hybridized carbons (Fsp3) is 0.750. The van der Waals surface area contributed by atoms with Crippen molar-refractivity contribution in [3.05, 3.63) is 0 Å². The molecule has 12 nitrogen and oxygen atoms in total. The van der Waals surface area contributed by atoms with Crippen LogP contribution in [0.25, 0.3) is 0 Å². The summed E-state index contributed by atoms with van der Waals surface area (Å²) in [5.41, 5.74) is -2.97. The molecule has 15 heteroatoms. The second kappa shape index (κ2) is 25.2. The molecule has 0 bridgehead atoms. The minimum atomic E-state index is -2.97. The molecule has 0 atom stereocenters. The zero-order valence-corrected chi connectivity index (χ0v) is 21.8. The van der Waals surface area contributed by atoms with Crippen molar-refractivity contribution in [3.63, 3.8) is 0 Å². The Kier molecular flexibility index (Phi) is 39.5. The van der Waals surface area contributed by atoms with E-state index in [1.165, 1.54) is 0 Å². The molecule has 0 amide bonds. The quantitative estimate of drug-likeness (QED) is 0.321. The summed E-state index contributed by atoms with van der Waals surface area (Å²) in [6.07, 6.45) is -2.72. The number of aliphatic carboxylic acids is 3. The Bertz CT molecular complexity index is 338. The summed E-state index contributed by atoms with van der Waals surface area (Å²) in [4.78, 5) is 30.0. The van der Waals surface area contributed by atoms with E-state index in [1.807, 2.05) is 0 Å². The van der Waals surface area contributed by atoms with Crippen LogP contribution in [0, 0.1) is 0 Å². The van der Waals surface area contributed by atoms with Crippen molar-refractivity contribution < 1.29 is 149 Å². The van der Waals surface area contributed by atoms with E-state index in [0.717, 1.165) is 39.6 Å². The van der Waals surface area contributed by atoms with Gasteiger partial charge < -0.3 is 60.0 Å². The molecule has 27 heavy (non-hydrogen) atoms. The third-order valence-corrected chi connectivity index (χ3v) is 1.87. The van der Waals surface area contributed by atoms with E-state index >= 15 is 0 Å². The van der Waals surface area contributed by atoms with Gasteiger partial charge in [-0.3, -0.25) is 0 Å². The van der Waals surface area contributed by atoms with Crippen LogP contribution in [-0.4, -0.2) is 79.2 Å². The molecular weight excluding hydrogens is 405 g/mol.